The Bertz CT molecular complexity index is 429. The van der Waals surface area contributed by atoms with Crippen LogP contribution in [0.3, 0.4) is 0 Å². The van der Waals surface area contributed by atoms with E-state index in [9.17, 15) is 9.59 Å². The minimum absolute atomic E-state index is 0.175. The average molecular weight is 264 g/mol. The molecule has 1 aromatic carbocycles. The predicted molar refractivity (Wildman–Crippen MR) is 73.0 cm³/mol. The van der Waals surface area contributed by atoms with Gasteiger partial charge in [-0.25, -0.2) is 0 Å². The largest absolute Gasteiger partial charge is 0.497 e. The zero-order valence-electron chi connectivity index (χ0n) is 11.5. The summed E-state index contributed by atoms with van der Waals surface area (Å²) in [4.78, 5) is 23.2. The summed E-state index contributed by atoms with van der Waals surface area (Å²) in [5, 5.41) is 5.32. The van der Waals surface area contributed by atoms with E-state index in [-0.39, 0.29) is 18.2 Å². The van der Waals surface area contributed by atoms with Crippen molar-refractivity contribution in [2.45, 2.75) is 26.3 Å². The fourth-order valence-corrected chi connectivity index (χ4v) is 1.61. The van der Waals surface area contributed by atoms with E-state index in [0.29, 0.717) is 6.54 Å². The topological polar surface area (TPSA) is 67.4 Å². The summed E-state index contributed by atoms with van der Waals surface area (Å²) in [5.41, 5.74) is 0.876. The summed E-state index contributed by atoms with van der Waals surface area (Å²) >= 11 is 0. The van der Waals surface area contributed by atoms with Crippen LogP contribution in [0, 0.1) is 0 Å². The molecule has 0 aromatic heterocycles. The summed E-state index contributed by atoms with van der Waals surface area (Å²) in [5.74, 6) is 0.398. The standard InChI is InChI=1S/C14H20N2O3/c1-4-15-14(18)10(2)16-13(17)9-11-5-7-12(19-3)8-6-11/h5-8,10H,4,9H2,1-3H3,(H,15,18)(H,16,17)/t10-/m0/s1. The van der Waals surface area contributed by atoms with Crippen LogP contribution < -0.4 is 15.4 Å². The minimum Gasteiger partial charge on any atom is -0.497 e. The van der Waals surface area contributed by atoms with E-state index in [2.05, 4.69) is 10.6 Å². The summed E-state index contributed by atoms with van der Waals surface area (Å²) in [6, 6.07) is 6.74. The monoisotopic (exact) mass is 264 g/mol. The Morgan fingerprint density at radius 1 is 1.26 bits per heavy atom. The SMILES string of the molecule is CCNC(=O)[C@H](C)NC(=O)Cc1ccc(OC)cc1. The Labute approximate surface area is 113 Å². The van der Waals surface area contributed by atoms with Gasteiger partial charge >= 0.3 is 0 Å². The summed E-state index contributed by atoms with van der Waals surface area (Å²) in [6.45, 7) is 4.05. The van der Waals surface area contributed by atoms with Crippen molar-refractivity contribution in [1.29, 1.82) is 0 Å². The normalized spacial score (nSPS) is 11.5. The van der Waals surface area contributed by atoms with Gasteiger partial charge in [-0.05, 0) is 31.5 Å². The van der Waals surface area contributed by atoms with Gasteiger partial charge in [-0.15, -0.1) is 0 Å². The van der Waals surface area contributed by atoms with Gasteiger partial charge in [0.1, 0.15) is 11.8 Å². The molecule has 0 radical (unpaired) electrons. The van der Waals surface area contributed by atoms with E-state index in [0.717, 1.165) is 11.3 Å². The number of rotatable bonds is 6. The van der Waals surface area contributed by atoms with E-state index in [1.165, 1.54) is 0 Å². The van der Waals surface area contributed by atoms with Crippen LogP contribution in [0.5, 0.6) is 5.75 Å². The number of nitrogens with one attached hydrogen (secondary N) is 2. The highest BCUT2D eigenvalue weighted by Gasteiger charge is 2.14. The van der Waals surface area contributed by atoms with Crippen molar-refractivity contribution in [3.05, 3.63) is 29.8 Å². The van der Waals surface area contributed by atoms with Gasteiger partial charge in [0.05, 0.1) is 13.5 Å². The van der Waals surface area contributed by atoms with Crippen molar-refractivity contribution in [1.82, 2.24) is 10.6 Å². The van der Waals surface area contributed by atoms with Gasteiger partial charge in [-0.2, -0.15) is 0 Å². The fourth-order valence-electron chi connectivity index (χ4n) is 1.61. The summed E-state index contributed by atoms with van der Waals surface area (Å²) in [6.07, 6.45) is 0.244. The van der Waals surface area contributed by atoms with Gasteiger partial charge in [-0.3, -0.25) is 9.59 Å². The van der Waals surface area contributed by atoms with Gasteiger partial charge in [-0.1, -0.05) is 12.1 Å². The highest BCUT2D eigenvalue weighted by atomic mass is 16.5. The maximum absolute atomic E-state index is 11.8. The van der Waals surface area contributed by atoms with E-state index in [4.69, 9.17) is 4.74 Å². The minimum atomic E-state index is -0.523. The number of hydrogen-bond donors (Lipinski definition) is 2. The Balaban J connectivity index is 2.48. The van der Waals surface area contributed by atoms with Crippen LogP contribution in [-0.4, -0.2) is 31.5 Å². The highest BCUT2D eigenvalue weighted by molar-refractivity contribution is 5.88. The summed E-state index contributed by atoms with van der Waals surface area (Å²) in [7, 11) is 1.59. The molecule has 0 unspecified atom stereocenters. The lowest BCUT2D eigenvalue weighted by molar-refractivity contribution is -0.128. The van der Waals surface area contributed by atoms with Crippen molar-refractivity contribution >= 4 is 11.8 Å². The van der Waals surface area contributed by atoms with Crippen LogP contribution in [-0.2, 0) is 16.0 Å². The molecule has 5 heteroatoms. The zero-order chi connectivity index (χ0) is 14.3. The van der Waals surface area contributed by atoms with Crippen LogP contribution in [0.15, 0.2) is 24.3 Å². The predicted octanol–water partition coefficient (Wildman–Crippen LogP) is 0.878. The lowest BCUT2D eigenvalue weighted by Gasteiger charge is -2.13. The number of methoxy groups -OCH3 is 1. The molecule has 2 N–H and O–H groups in total. The number of carbonyl (C=O) groups is 2. The molecule has 104 valence electrons. The molecule has 1 atom stereocenters. The molecule has 2 amide bonds. The average Bonchev–Trinajstić information content (AvgIpc) is 2.39. The molecule has 0 aliphatic rings. The Morgan fingerprint density at radius 3 is 2.42 bits per heavy atom. The zero-order valence-corrected chi connectivity index (χ0v) is 11.5. The molecule has 19 heavy (non-hydrogen) atoms. The molecule has 0 saturated heterocycles. The molecule has 0 saturated carbocycles. The second kappa shape index (κ2) is 7.41. The fraction of sp³-hybridized carbons (Fsp3) is 0.429. The van der Waals surface area contributed by atoms with Crippen LogP contribution >= 0.6 is 0 Å². The molecule has 1 aromatic rings. The van der Waals surface area contributed by atoms with Gasteiger partial charge in [0.2, 0.25) is 11.8 Å². The molecule has 5 nitrogen and oxygen atoms in total. The molecule has 0 aliphatic carbocycles. The Hall–Kier alpha value is -2.04. The van der Waals surface area contributed by atoms with Crippen molar-refractivity contribution < 1.29 is 14.3 Å². The quantitative estimate of drug-likeness (QED) is 0.801. The Morgan fingerprint density at radius 2 is 1.89 bits per heavy atom. The number of benzene rings is 1. The summed E-state index contributed by atoms with van der Waals surface area (Å²) < 4.78 is 5.04. The van der Waals surface area contributed by atoms with Crippen LogP contribution in [0.1, 0.15) is 19.4 Å². The van der Waals surface area contributed by atoms with E-state index >= 15 is 0 Å². The van der Waals surface area contributed by atoms with Gasteiger partial charge in [0.15, 0.2) is 0 Å². The maximum Gasteiger partial charge on any atom is 0.242 e. The first-order chi connectivity index (χ1) is 9.06. The van der Waals surface area contributed by atoms with Crippen molar-refractivity contribution in [2.75, 3.05) is 13.7 Å². The lowest BCUT2D eigenvalue weighted by atomic mass is 10.1. The number of likely N-dealkylation sites (N-methyl/N-ethyl adjacent to an activating group) is 1. The number of carbonyl (C=O) groups excluding carboxylic acids is 2. The smallest absolute Gasteiger partial charge is 0.242 e. The van der Waals surface area contributed by atoms with Gasteiger partial charge in [0, 0.05) is 6.54 Å². The van der Waals surface area contributed by atoms with E-state index < -0.39 is 6.04 Å². The number of amides is 2. The van der Waals surface area contributed by atoms with Crippen molar-refractivity contribution in [2.24, 2.45) is 0 Å². The van der Waals surface area contributed by atoms with Crippen LogP contribution in [0.2, 0.25) is 0 Å². The highest BCUT2D eigenvalue weighted by Crippen LogP contribution is 2.11. The van der Waals surface area contributed by atoms with E-state index in [1.807, 2.05) is 19.1 Å². The number of hydrogen-bond acceptors (Lipinski definition) is 3. The molecule has 0 fully saturated rings. The molecule has 0 spiro atoms. The van der Waals surface area contributed by atoms with Gasteiger partial charge in [0.25, 0.3) is 0 Å². The van der Waals surface area contributed by atoms with E-state index in [1.54, 1.807) is 26.2 Å². The second-order valence-corrected chi connectivity index (χ2v) is 4.21. The van der Waals surface area contributed by atoms with Gasteiger partial charge < -0.3 is 15.4 Å². The lowest BCUT2D eigenvalue weighted by Crippen LogP contribution is -2.45. The first-order valence-electron chi connectivity index (χ1n) is 6.26. The molecular weight excluding hydrogens is 244 g/mol. The first-order valence-corrected chi connectivity index (χ1v) is 6.26. The third kappa shape index (κ3) is 4.99. The molecule has 0 heterocycles. The third-order valence-electron chi connectivity index (χ3n) is 2.65. The van der Waals surface area contributed by atoms with Crippen LogP contribution in [0.25, 0.3) is 0 Å². The third-order valence-corrected chi connectivity index (χ3v) is 2.65. The number of ether oxygens (including phenoxy) is 1. The molecule has 0 aliphatic heterocycles. The molecular formula is C14H20N2O3. The van der Waals surface area contributed by atoms with Crippen molar-refractivity contribution in [3.63, 3.8) is 0 Å². The first kappa shape index (κ1) is 15.0. The molecule has 0 bridgehead atoms. The second-order valence-electron chi connectivity index (χ2n) is 4.21. The van der Waals surface area contributed by atoms with Crippen LogP contribution in [0.4, 0.5) is 0 Å². The molecule has 1 rings (SSSR count). The Kier molecular flexibility index (Phi) is 5.85. The van der Waals surface area contributed by atoms with Crippen molar-refractivity contribution in [3.8, 4) is 5.75 Å². The maximum atomic E-state index is 11.8.